The molecule has 0 aliphatic heterocycles. The fourth-order valence-corrected chi connectivity index (χ4v) is 2.84. The standard InChI is InChI=1S/C12H18O2/c1-14-12(13)4-2-3-10-7-9-5-6-11(10)8-9/h5-6,9-11H,2-4,7-8H2,1H3. The van der Waals surface area contributed by atoms with Gasteiger partial charge in [-0.15, -0.1) is 0 Å². The highest BCUT2D eigenvalue weighted by Crippen LogP contribution is 2.45. The van der Waals surface area contributed by atoms with Gasteiger partial charge in [0.15, 0.2) is 0 Å². The van der Waals surface area contributed by atoms with Crippen molar-refractivity contribution in [3.63, 3.8) is 0 Å². The van der Waals surface area contributed by atoms with Crippen molar-refractivity contribution in [1.82, 2.24) is 0 Å². The molecule has 0 aromatic heterocycles. The molecule has 3 unspecified atom stereocenters. The van der Waals surface area contributed by atoms with Crippen LogP contribution >= 0.6 is 0 Å². The molecule has 2 aliphatic rings. The second-order valence-electron chi connectivity index (χ2n) is 4.51. The highest BCUT2D eigenvalue weighted by Gasteiger charge is 2.34. The number of allylic oxidation sites excluding steroid dienone is 2. The van der Waals surface area contributed by atoms with Crippen LogP contribution in [0.5, 0.6) is 0 Å². The largest absolute Gasteiger partial charge is 0.469 e. The molecule has 2 nitrogen and oxygen atoms in total. The molecule has 2 bridgehead atoms. The van der Waals surface area contributed by atoms with E-state index in [-0.39, 0.29) is 5.97 Å². The van der Waals surface area contributed by atoms with Crippen molar-refractivity contribution in [3.8, 4) is 0 Å². The van der Waals surface area contributed by atoms with E-state index < -0.39 is 0 Å². The van der Waals surface area contributed by atoms with Crippen molar-refractivity contribution in [1.29, 1.82) is 0 Å². The van der Waals surface area contributed by atoms with Gasteiger partial charge in [-0.25, -0.2) is 0 Å². The van der Waals surface area contributed by atoms with E-state index >= 15 is 0 Å². The topological polar surface area (TPSA) is 26.3 Å². The molecule has 0 saturated heterocycles. The Morgan fingerprint density at radius 2 is 2.29 bits per heavy atom. The first kappa shape index (κ1) is 9.75. The summed E-state index contributed by atoms with van der Waals surface area (Å²) in [5, 5.41) is 0. The van der Waals surface area contributed by atoms with Crippen LogP contribution in [0.2, 0.25) is 0 Å². The smallest absolute Gasteiger partial charge is 0.305 e. The molecule has 0 spiro atoms. The van der Waals surface area contributed by atoms with Crippen molar-refractivity contribution < 1.29 is 9.53 Å². The first-order chi connectivity index (χ1) is 6.79. The third-order valence-corrected chi connectivity index (χ3v) is 3.60. The molecule has 1 saturated carbocycles. The van der Waals surface area contributed by atoms with Gasteiger partial charge in [-0.1, -0.05) is 12.2 Å². The maximum Gasteiger partial charge on any atom is 0.305 e. The number of carbonyl (C=O) groups is 1. The van der Waals surface area contributed by atoms with Crippen molar-refractivity contribution >= 4 is 5.97 Å². The monoisotopic (exact) mass is 194 g/mol. The van der Waals surface area contributed by atoms with Gasteiger partial charge < -0.3 is 4.74 Å². The molecule has 2 aliphatic carbocycles. The van der Waals surface area contributed by atoms with Crippen LogP contribution in [0.15, 0.2) is 12.2 Å². The third-order valence-electron chi connectivity index (χ3n) is 3.60. The Balaban J connectivity index is 1.67. The molecule has 0 heterocycles. The summed E-state index contributed by atoms with van der Waals surface area (Å²) >= 11 is 0. The maximum atomic E-state index is 10.9. The Labute approximate surface area is 85.3 Å². The van der Waals surface area contributed by atoms with E-state index in [0.29, 0.717) is 6.42 Å². The van der Waals surface area contributed by atoms with Crippen molar-refractivity contribution in [2.24, 2.45) is 17.8 Å². The Kier molecular flexibility index (Phi) is 2.90. The SMILES string of the molecule is COC(=O)CCCC1CC2C=CC1C2. The van der Waals surface area contributed by atoms with Gasteiger partial charge in [-0.2, -0.15) is 0 Å². The predicted octanol–water partition coefficient (Wildman–Crippen LogP) is 2.54. The summed E-state index contributed by atoms with van der Waals surface area (Å²) < 4.78 is 4.62. The predicted molar refractivity (Wildman–Crippen MR) is 54.7 cm³/mol. The summed E-state index contributed by atoms with van der Waals surface area (Å²) in [6, 6.07) is 0. The maximum absolute atomic E-state index is 10.9. The molecule has 0 aromatic carbocycles. The quantitative estimate of drug-likeness (QED) is 0.508. The van der Waals surface area contributed by atoms with E-state index in [4.69, 9.17) is 0 Å². The molecule has 2 rings (SSSR count). The second-order valence-corrected chi connectivity index (χ2v) is 4.51. The number of carbonyl (C=O) groups excluding carboxylic acids is 1. The fraction of sp³-hybridized carbons (Fsp3) is 0.750. The number of esters is 1. The molecule has 2 heteroatoms. The van der Waals surface area contributed by atoms with Gasteiger partial charge in [0, 0.05) is 6.42 Å². The molecule has 0 N–H and O–H groups in total. The summed E-state index contributed by atoms with van der Waals surface area (Å²) in [5.74, 6) is 2.44. The number of hydrogen-bond acceptors (Lipinski definition) is 2. The lowest BCUT2D eigenvalue weighted by molar-refractivity contribution is -0.140. The summed E-state index contributed by atoms with van der Waals surface area (Å²) in [7, 11) is 1.46. The third kappa shape index (κ3) is 1.99. The van der Waals surface area contributed by atoms with Crippen molar-refractivity contribution in [2.75, 3.05) is 7.11 Å². The highest BCUT2D eigenvalue weighted by molar-refractivity contribution is 5.68. The van der Waals surface area contributed by atoms with Crippen molar-refractivity contribution in [2.45, 2.75) is 32.1 Å². The first-order valence-electron chi connectivity index (χ1n) is 5.54. The van der Waals surface area contributed by atoms with Crippen LogP contribution in [-0.2, 0) is 9.53 Å². The van der Waals surface area contributed by atoms with E-state index in [1.54, 1.807) is 0 Å². The number of methoxy groups -OCH3 is 1. The summed E-state index contributed by atoms with van der Waals surface area (Å²) in [6.45, 7) is 0. The summed E-state index contributed by atoms with van der Waals surface area (Å²) in [6.07, 6.45) is 10.2. The average Bonchev–Trinajstić information content (AvgIpc) is 2.79. The molecule has 0 radical (unpaired) electrons. The van der Waals surface area contributed by atoms with Gasteiger partial charge >= 0.3 is 5.97 Å². The average molecular weight is 194 g/mol. The molecule has 14 heavy (non-hydrogen) atoms. The molecular weight excluding hydrogens is 176 g/mol. The normalized spacial score (nSPS) is 33.6. The first-order valence-corrected chi connectivity index (χ1v) is 5.54. The molecule has 0 aromatic rings. The summed E-state index contributed by atoms with van der Waals surface area (Å²) in [5.41, 5.74) is 0. The number of rotatable bonds is 4. The lowest BCUT2D eigenvalue weighted by Crippen LogP contribution is -2.08. The minimum absolute atomic E-state index is 0.0660. The van der Waals surface area contributed by atoms with E-state index in [1.165, 1.54) is 26.4 Å². The zero-order chi connectivity index (χ0) is 9.97. The molecule has 78 valence electrons. The number of hydrogen-bond donors (Lipinski definition) is 0. The Bertz CT molecular complexity index is 245. The molecule has 0 amide bonds. The van der Waals surface area contributed by atoms with Crippen LogP contribution in [0.4, 0.5) is 0 Å². The van der Waals surface area contributed by atoms with Gasteiger partial charge in [0.25, 0.3) is 0 Å². The van der Waals surface area contributed by atoms with Gasteiger partial charge in [0.05, 0.1) is 7.11 Å². The zero-order valence-electron chi connectivity index (χ0n) is 8.74. The van der Waals surface area contributed by atoms with Crippen LogP contribution in [0.25, 0.3) is 0 Å². The Morgan fingerprint density at radius 3 is 2.86 bits per heavy atom. The van der Waals surface area contributed by atoms with E-state index in [0.717, 1.165) is 24.2 Å². The molecule has 1 fully saturated rings. The van der Waals surface area contributed by atoms with Crippen LogP contribution in [0.1, 0.15) is 32.1 Å². The van der Waals surface area contributed by atoms with Crippen LogP contribution in [-0.4, -0.2) is 13.1 Å². The van der Waals surface area contributed by atoms with Crippen LogP contribution in [0.3, 0.4) is 0 Å². The van der Waals surface area contributed by atoms with E-state index in [9.17, 15) is 4.79 Å². The second kappa shape index (κ2) is 4.16. The van der Waals surface area contributed by atoms with Gasteiger partial charge in [0.1, 0.15) is 0 Å². The zero-order valence-corrected chi connectivity index (χ0v) is 8.74. The minimum Gasteiger partial charge on any atom is -0.469 e. The molecule has 3 atom stereocenters. The minimum atomic E-state index is -0.0660. The van der Waals surface area contributed by atoms with E-state index in [2.05, 4.69) is 16.9 Å². The highest BCUT2D eigenvalue weighted by atomic mass is 16.5. The Hall–Kier alpha value is -0.790. The van der Waals surface area contributed by atoms with Gasteiger partial charge in [-0.05, 0) is 43.4 Å². The van der Waals surface area contributed by atoms with E-state index in [1.807, 2.05) is 0 Å². The van der Waals surface area contributed by atoms with Crippen LogP contribution < -0.4 is 0 Å². The molecular formula is C12H18O2. The van der Waals surface area contributed by atoms with Gasteiger partial charge in [-0.3, -0.25) is 4.79 Å². The van der Waals surface area contributed by atoms with Gasteiger partial charge in [0.2, 0.25) is 0 Å². The Morgan fingerprint density at radius 1 is 1.43 bits per heavy atom. The number of ether oxygens (including phenoxy) is 1. The number of fused-ring (bicyclic) bond motifs is 2. The lowest BCUT2D eigenvalue weighted by Gasteiger charge is -2.17. The van der Waals surface area contributed by atoms with Crippen molar-refractivity contribution in [3.05, 3.63) is 12.2 Å². The van der Waals surface area contributed by atoms with Crippen LogP contribution in [0, 0.1) is 17.8 Å². The fourth-order valence-electron chi connectivity index (χ4n) is 2.84. The summed E-state index contributed by atoms with van der Waals surface area (Å²) in [4.78, 5) is 10.9. The lowest BCUT2D eigenvalue weighted by atomic mass is 9.89.